The monoisotopic (exact) mass is 492 g/mol. The highest BCUT2D eigenvalue weighted by molar-refractivity contribution is 6.21. The van der Waals surface area contributed by atoms with Crippen LogP contribution < -0.4 is 10.6 Å². The molecule has 0 aromatic rings. The molecule has 9 heteroatoms. The largest absolute Gasteiger partial charge is 0.380 e. The summed E-state index contributed by atoms with van der Waals surface area (Å²) in [7, 11) is 1.71. The first-order chi connectivity index (χ1) is 15.2. The average molecular weight is 493 g/mol. The fourth-order valence-corrected chi connectivity index (χ4v) is 6.86. The van der Waals surface area contributed by atoms with Crippen molar-refractivity contribution < 1.29 is 23.5 Å². The van der Waals surface area contributed by atoms with Crippen molar-refractivity contribution >= 4 is 35.0 Å². The highest BCUT2D eigenvalue weighted by atomic mass is 35.5. The van der Waals surface area contributed by atoms with E-state index in [0.29, 0.717) is 44.6 Å². The molecule has 0 heterocycles. The van der Waals surface area contributed by atoms with Crippen molar-refractivity contribution in [2.45, 2.75) is 98.9 Å². The molecular weight excluding hydrogens is 458 g/mol. The van der Waals surface area contributed by atoms with Gasteiger partial charge in [-0.3, -0.25) is 9.59 Å². The number of methoxy groups -OCH3 is 1. The van der Waals surface area contributed by atoms with Gasteiger partial charge in [0.15, 0.2) is 0 Å². The van der Waals surface area contributed by atoms with Gasteiger partial charge < -0.3 is 20.1 Å². The summed E-state index contributed by atoms with van der Waals surface area (Å²) < 4.78 is 24.7. The third-order valence-corrected chi connectivity index (χ3v) is 8.92. The molecule has 6 atom stereocenters. The fourth-order valence-electron chi connectivity index (χ4n) is 6.15. The van der Waals surface area contributed by atoms with Crippen molar-refractivity contribution in [3.05, 3.63) is 0 Å². The summed E-state index contributed by atoms with van der Waals surface area (Å²) in [5, 5.41) is 5.73. The van der Waals surface area contributed by atoms with Gasteiger partial charge in [-0.1, -0.05) is 0 Å². The number of carbonyl (C=O) groups excluding carboxylic acids is 2. The van der Waals surface area contributed by atoms with Crippen molar-refractivity contribution in [3.63, 3.8) is 0 Å². The minimum atomic E-state index is -1.08. The molecule has 182 valence electrons. The Hall–Kier alpha value is -0.630. The second-order valence-corrected chi connectivity index (χ2v) is 11.6. The summed E-state index contributed by atoms with van der Waals surface area (Å²) in [5.74, 6) is 0.434. The fraction of sp³-hybridized carbons (Fsp3) is 0.913. The molecule has 0 aliphatic heterocycles. The first kappa shape index (κ1) is 24.5. The van der Waals surface area contributed by atoms with Crippen molar-refractivity contribution in [1.82, 2.24) is 10.6 Å². The van der Waals surface area contributed by atoms with Crippen LogP contribution in [0.2, 0.25) is 0 Å². The Morgan fingerprint density at radius 3 is 2.47 bits per heavy atom. The van der Waals surface area contributed by atoms with Crippen LogP contribution in [0.1, 0.15) is 64.2 Å². The van der Waals surface area contributed by atoms with E-state index in [-0.39, 0.29) is 53.4 Å². The van der Waals surface area contributed by atoms with Crippen LogP contribution in [0.15, 0.2) is 0 Å². The van der Waals surface area contributed by atoms with Crippen LogP contribution in [0.3, 0.4) is 0 Å². The molecule has 2 amide bonds. The van der Waals surface area contributed by atoms with Gasteiger partial charge in [0.25, 0.3) is 0 Å². The van der Waals surface area contributed by atoms with E-state index in [0.717, 1.165) is 25.7 Å². The highest BCUT2D eigenvalue weighted by Crippen LogP contribution is 2.67. The van der Waals surface area contributed by atoms with Gasteiger partial charge >= 0.3 is 0 Å². The molecular formula is C23H35Cl2FN2O4. The number of ether oxygens (including phenoxy) is 2. The Labute approximate surface area is 199 Å². The number of halogens is 3. The zero-order chi connectivity index (χ0) is 22.9. The molecule has 6 unspecified atom stereocenters. The molecule has 0 saturated heterocycles. The molecule has 5 rings (SSSR count). The zero-order valence-corrected chi connectivity index (χ0v) is 20.2. The highest BCUT2D eigenvalue weighted by Gasteiger charge is 2.72. The maximum absolute atomic E-state index is 13.7. The van der Waals surface area contributed by atoms with Gasteiger partial charge in [0.2, 0.25) is 11.8 Å². The minimum absolute atomic E-state index is 0.0493. The molecule has 0 radical (unpaired) electrons. The lowest BCUT2D eigenvalue weighted by atomic mass is 9.39. The second kappa shape index (κ2) is 9.93. The van der Waals surface area contributed by atoms with Crippen molar-refractivity contribution in [2.24, 2.45) is 11.3 Å². The summed E-state index contributed by atoms with van der Waals surface area (Å²) in [6.45, 7) is 0.595. The van der Waals surface area contributed by atoms with Gasteiger partial charge in [0.1, 0.15) is 12.8 Å². The zero-order valence-electron chi connectivity index (χ0n) is 18.7. The Morgan fingerprint density at radius 1 is 1.06 bits per heavy atom. The summed E-state index contributed by atoms with van der Waals surface area (Å²) in [6, 6.07) is 0. The number of nitrogens with one attached hydrogen (secondary N) is 2. The summed E-state index contributed by atoms with van der Waals surface area (Å²) >= 11 is 12.3. The quantitative estimate of drug-likeness (QED) is 0.483. The average Bonchev–Trinajstić information content (AvgIpc) is 2.70. The van der Waals surface area contributed by atoms with Crippen LogP contribution in [0.5, 0.6) is 0 Å². The molecule has 2 N–H and O–H groups in total. The van der Waals surface area contributed by atoms with Crippen LogP contribution in [0.25, 0.3) is 0 Å². The SMILES string of the molecule is COC1CCC(CCNC(=O)C23CC(NC(=O)COC4CCC(Cl)C(F)C4)(C2)C3)CC1Cl. The van der Waals surface area contributed by atoms with E-state index in [1.165, 1.54) is 0 Å². The molecule has 5 saturated carbocycles. The Balaban J connectivity index is 1.10. The lowest BCUT2D eigenvalue weighted by Gasteiger charge is -2.69. The number of rotatable bonds is 9. The van der Waals surface area contributed by atoms with E-state index in [1.54, 1.807) is 7.11 Å². The van der Waals surface area contributed by atoms with Crippen LogP contribution in [-0.2, 0) is 19.1 Å². The molecule has 5 fully saturated rings. The second-order valence-electron chi connectivity index (χ2n) is 10.4. The lowest BCUT2D eigenvalue weighted by Crippen LogP contribution is -2.78. The summed E-state index contributed by atoms with van der Waals surface area (Å²) in [5.41, 5.74) is -0.588. The first-order valence-electron chi connectivity index (χ1n) is 11.9. The van der Waals surface area contributed by atoms with E-state index in [1.807, 2.05) is 0 Å². The molecule has 0 aromatic carbocycles. The first-order valence-corrected chi connectivity index (χ1v) is 12.8. The smallest absolute Gasteiger partial charge is 0.246 e. The number of alkyl halides is 3. The molecule has 5 aliphatic rings. The molecule has 6 nitrogen and oxygen atoms in total. The van der Waals surface area contributed by atoms with Crippen LogP contribution in [-0.4, -0.2) is 66.7 Å². The molecule has 0 spiro atoms. The van der Waals surface area contributed by atoms with Crippen molar-refractivity contribution in [1.29, 1.82) is 0 Å². The van der Waals surface area contributed by atoms with E-state index >= 15 is 0 Å². The van der Waals surface area contributed by atoms with E-state index in [9.17, 15) is 14.0 Å². The Bertz CT molecular complexity index is 692. The van der Waals surface area contributed by atoms with Crippen LogP contribution >= 0.6 is 23.2 Å². The molecule has 5 aliphatic carbocycles. The van der Waals surface area contributed by atoms with Crippen LogP contribution in [0.4, 0.5) is 4.39 Å². The molecule has 2 bridgehead atoms. The van der Waals surface area contributed by atoms with Crippen molar-refractivity contribution in [3.8, 4) is 0 Å². The maximum Gasteiger partial charge on any atom is 0.246 e. The molecule has 32 heavy (non-hydrogen) atoms. The Morgan fingerprint density at radius 2 is 1.81 bits per heavy atom. The predicted molar refractivity (Wildman–Crippen MR) is 121 cm³/mol. The normalized spacial score (nSPS) is 43.0. The number of hydrogen-bond acceptors (Lipinski definition) is 4. The lowest BCUT2D eigenvalue weighted by molar-refractivity contribution is -0.184. The molecule has 0 aromatic heterocycles. The van der Waals surface area contributed by atoms with E-state index in [2.05, 4.69) is 10.6 Å². The van der Waals surface area contributed by atoms with Crippen LogP contribution in [0, 0.1) is 11.3 Å². The van der Waals surface area contributed by atoms with Gasteiger partial charge in [-0.05, 0) is 63.7 Å². The third-order valence-electron chi connectivity index (χ3n) is 7.97. The summed E-state index contributed by atoms with van der Waals surface area (Å²) in [4.78, 5) is 24.9. The van der Waals surface area contributed by atoms with Gasteiger partial charge in [0.05, 0.1) is 28.4 Å². The van der Waals surface area contributed by atoms with E-state index in [4.69, 9.17) is 32.7 Å². The minimum Gasteiger partial charge on any atom is -0.380 e. The van der Waals surface area contributed by atoms with Crippen molar-refractivity contribution in [2.75, 3.05) is 20.3 Å². The van der Waals surface area contributed by atoms with Gasteiger partial charge in [-0.15, -0.1) is 23.2 Å². The van der Waals surface area contributed by atoms with Gasteiger partial charge in [-0.25, -0.2) is 4.39 Å². The number of hydrogen-bond donors (Lipinski definition) is 2. The summed E-state index contributed by atoms with van der Waals surface area (Å²) in [6.07, 6.45) is 6.27. The maximum atomic E-state index is 13.7. The standard InChI is InChI=1S/C23H35Cl2FN2O4/c1-31-19-5-2-14(8-17(19)25)6-7-27-21(30)22-11-23(12-22,13-22)28-20(29)10-32-15-3-4-16(24)18(26)9-15/h14-19H,2-13H2,1H3,(H,27,30)(H,28,29). The number of carbonyl (C=O) groups is 2. The topological polar surface area (TPSA) is 76.7 Å². The predicted octanol–water partition coefficient (Wildman–Crippen LogP) is 3.47. The van der Waals surface area contributed by atoms with E-state index < -0.39 is 11.5 Å². The van der Waals surface area contributed by atoms with Gasteiger partial charge in [0, 0.05) is 25.6 Å². The third kappa shape index (κ3) is 5.21. The number of amides is 2. The van der Waals surface area contributed by atoms with Gasteiger partial charge in [-0.2, -0.15) is 0 Å². The Kier molecular flexibility index (Phi) is 7.60.